The summed E-state index contributed by atoms with van der Waals surface area (Å²) < 4.78 is 10.7. The highest BCUT2D eigenvalue weighted by atomic mass is 35.5. The third-order valence-corrected chi connectivity index (χ3v) is 3.65. The summed E-state index contributed by atoms with van der Waals surface area (Å²) >= 11 is 6.03. The monoisotopic (exact) mass is 348 g/mol. The third kappa shape index (κ3) is 5.76. The second kappa shape index (κ2) is 9.15. The Morgan fingerprint density at radius 2 is 2.00 bits per heavy atom. The van der Waals surface area contributed by atoms with E-state index in [4.69, 9.17) is 21.1 Å². The zero-order valence-electron chi connectivity index (χ0n) is 13.8. The first-order valence-electron chi connectivity index (χ1n) is 7.58. The molecule has 0 spiro atoms. The van der Waals surface area contributed by atoms with Gasteiger partial charge >= 0.3 is 0 Å². The topological polar surface area (TPSA) is 50.8 Å². The van der Waals surface area contributed by atoms with Gasteiger partial charge in [0, 0.05) is 18.3 Å². The molecule has 1 amide bonds. The molecule has 0 fully saturated rings. The second-order valence-corrected chi connectivity index (χ2v) is 5.70. The van der Waals surface area contributed by atoms with Gasteiger partial charge in [-0.15, -0.1) is 0 Å². The number of rotatable bonds is 8. The van der Waals surface area contributed by atoms with Crippen molar-refractivity contribution in [1.82, 2.24) is 4.90 Å². The van der Waals surface area contributed by atoms with Crippen molar-refractivity contribution in [1.29, 1.82) is 0 Å². The third-order valence-electron chi connectivity index (χ3n) is 3.33. The van der Waals surface area contributed by atoms with E-state index in [0.29, 0.717) is 35.4 Å². The molecule has 24 heavy (non-hydrogen) atoms. The first kappa shape index (κ1) is 18.1. The highest BCUT2D eigenvalue weighted by Crippen LogP contribution is 2.22. The summed E-state index contributed by atoms with van der Waals surface area (Å²) in [5.74, 6) is 1.26. The lowest BCUT2D eigenvalue weighted by molar-refractivity contribution is -0.117. The van der Waals surface area contributed by atoms with Gasteiger partial charge in [-0.1, -0.05) is 29.8 Å². The lowest BCUT2D eigenvalue weighted by Gasteiger charge is -2.17. The highest BCUT2D eigenvalue weighted by Gasteiger charge is 2.08. The lowest BCUT2D eigenvalue weighted by atomic mass is 10.3. The van der Waals surface area contributed by atoms with Crippen LogP contribution in [-0.4, -0.2) is 44.7 Å². The molecule has 0 aromatic heterocycles. The molecule has 0 saturated carbocycles. The molecule has 5 nitrogen and oxygen atoms in total. The number of ether oxygens (including phenoxy) is 2. The first-order valence-corrected chi connectivity index (χ1v) is 7.96. The molecule has 128 valence electrons. The first-order chi connectivity index (χ1) is 11.6. The number of nitrogens with zero attached hydrogens (tertiary/aromatic N) is 1. The quantitative estimate of drug-likeness (QED) is 0.795. The molecule has 0 bridgehead atoms. The average Bonchev–Trinajstić information content (AvgIpc) is 2.56. The average molecular weight is 349 g/mol. The number of carbonyl (C=O) groups is 1. The summed E-state index contributed by atoms with van der Waals surface area (Å²) in [4.78, 5) is 13.9. The van der Waals surface area contributed by atoms with Crippen LogP contribution in [0.15, 0.2) is 48.5 Å². The summed E-state index contributed by atoms with van der Waals surface area (Å²) in [6, 6.07) is 14.6. The van der Waals surface area contributed by atoms with Gasteiger partial charge in [-0.05, 0) is 31.3 Å². The minimum Gasteiger partial charge on any atom is -0.497 e. The van der Waals surface area contributed by atoms with Crippen LogP contribution >= 0.6 is 11.6 Å². The number of likely N-dealkylation sites (N-methyl/N-ethyl adjacent to an activating group) is 1. The van der Waals surface area contributed by atoms with Crippen LogP contribution in [0, 0.1) is 0 Å². The van der Waals surface area contributed by atoms with Crippen molar-refractivity contribution in [2.75, 3.05) is 39.2 Å². The summed E-state index contributed by atoms with van der Waals surface area (Å²) in [6.07, 6.45) is 0. The molecule has 2 aromatic rings. The van der Waals surface area contributed by atoms with Crippen LogP contribution in [-0.2, 0) is 4.79 Å². The van der Waals surface area contributed by atoms with Crippen LogP contribution < -0.4 is 14.8 Å². The van der Waals surface area contributed by atoms with Crippen molar-refractivity contribution < 1.29 is 14.3 Å². The standard InChI is InChI=1S/C18H21ClN2O3/c1-21(10-11-24-17-9-4-3-8-16(17)19)13-18(22)20-14-6-5-7-15(12-14)23-2/h3-9,12H,10-11,13H2,1-2H3,(H,20,22). The van der Waals surface area contributed by atoms with Crippen LogP contribution in [0.5, 0.6) is 11.5 Å². The molecule has 0 atom stereocenters. The maximum Gasteiger partial charge on any atom is 0.238 e. The van der Waals surface area contributed by atoms with Crippen molar-refractivity contribution >= 4 is 23.2 Å². The van der Waals surface area contributed by atoms with Gasteiger partial charge < -0.3 is 14.8 Å². The van der Waals surface area contributed by atoms with Gasteiger partial charge in [-0.2, -0.15) is 0 Å². The van der Waals surface area contributed by atoms with Crippen molar-refractivity contribution in [2.24, 2.45) is 0 Å². The largest absolute Gasteiger partial charge is 0.497 e. The number of methoxy groups -OCH3 is 1. The van der Waals surface area contributed by atoms with E-state index in [2.05, 4.69) is 5.32 Å². The zero-order chi connectivity index (χ0) is 17.4. The van der Waals surface area contributed by atoms with Crippen LogP contribution in [0.25, 0.3) is 0 Å². The van der Waals surface area contributed by atoms with Gasteiger partial charge in [0.2, 0.25) is 5.91 Å². The molecular formula is C18H21ClN2O3. The molecule has 0 aliphatic carbocycles. The van der Waals surface area contributed by atoms with E-state index in [1.165, 1.54) is 0 Å². The van der Waals surface area contributed by atoms with E-state index < -0.39 is 0 Å². The number of amides is 1. The molecule has 0 heterocycles. The predicted octanol–water partition coefficient (Wildman–Crippen LogP) is 3.30. The van der Waals surface area contributed by atoms with E-state index in [0.717, 1.165) is 0 Å². The van der Waals surface area contributed by atoms with Gasteiger partial charge in [-0.3, -0.25) is 9.69 Å². The van der Waals surface area contributed by atoms with Crippen LogP contribution in [0.4, 0.5) is 5.69 Å². The number of halogens is 1. The van der Waals surface area contributed by atoms with Gasteiger partial charge in [-0.25, -0.2) is 0 Å². The van der Waals surface area contributed by atoms with E-state index in [1.54, 1.807) is 19.2 Å². The minimum absolute atomic E-state index is 0.0940. The normalized spacial score (nSPS) is 10.5. The van der Waals surface area contributed by atoms with Crippen LogP contribution in [0.1, 0.15) is 0 Å². The van der Waals surface area contributed by atoms with Gasteiger partial charge in [0.05, 0.1) is 18.7 Å². The molecule has 0 aliphatic heterocycles. The maximum atomic E-state index is 12.1. The molecule has 2 aromatic carbocycles. The Balaban J connectivity index is 1.74. The molecule has 0 saturated heterocycles. The van der Waals surface area contributed by atoms with Gasteiger partial charge in [0.25, 0.3) is 0 Å². The van der Waals surface area contributed by atoms with Gasteiger partial charge in [0.15, 0.2) is 0 Å². The Bertz CT molecular complexity index is 679. The van der Waals surface area contributed by atoms with Crippen LogP contribution in [0.2, 0.25) is 5.02 Å². The highest BCUT2D eigenvalue weighted by molar-refractivity contribution is 6.32. The zero-order valence-corrected chi connectivity index (χ0v) is 14.5. The van der Waals surface area contributed by atoms with Crippen molar-refractivity contribution in [3.63, 3.8) is 0 Å². The number of hydrogen-bond donors (Lipinski definition) is 1. The van der Waals surface area contributed by atoms with E-state index in [1.807, 2.05) is 48.3 Å². The Kier molecular flexibility index (Phi) is 6.90. The Labute approximate surface area is 147 Å². The molecule has 0 unspecified atom stereocenters. The molecule has 1 N–H and O–H groups in total. The SMILES string of the molecule is COc1cccc(NC(=O)CN(C)CCOc2ccccc2Cl)c1. The minimum atomic E-state index is -0.0940. The number of anilines is 1. The van der Waals surface area contributed by atoms with E-state index in [9.17, 15) is 4.79 Å². The summed E-state index contributed by atoms with van der Waals surface area (Å²) in [5, 5.41) is 3.42. The van der Waals surface area contributed by atoms with E-state index in [-0.39, 0.29) is 12.5 Å². The van der Waals surface area contributed by atoms with Crippen molar-refractivity contribution in [3.05, 3.63) is 53.6 Å². The summed E-state index contributed by atoms with van der Waals surface area (Å²) in [6.45, 7) is 1.33. The number of hydrogen-bond acceptors (Lipinski definition) is 4. The molecule has 6 heteroatoms. The lowest BCUT2D eigenvalue weighted by Crippen LogP contribution is -2.33. The second-order valence-electron chi connectivity index (χ2n) is 5.30. The Morgan fingerprint density at radius 1 is 1.21 bits per heavy atom. The predicted molar refractivity (Wildman–Crippen MR) is 96.1 cm³/mol. The van der Waals surface area contributed by atoms with Crippen molar-refractivity contribution in [2.45, 2.75) is 0 Å². The fraction of sp³-hybridized carbons (Fsp3) is 0.278. The molecular weight excluding hydrogens is 328 g/mol. The fourth-order valence-electron chi connectivity index (χ4n) is 2.10. The number of benzene rings is 2. The molecule has 0 aliphatic rings. The number of para-hydroxylation sites is 1. The summed E-state index contributed by atoms with van der Waals surface area (Å²) in [5.41, 5.74) is 0.708. The molecule has 2 rings (SSSR count). The summed E-state index contributed by atoms with van der Waals surface area (Å²) in [7, 11) is 3.45. The number of carbonyl (C=O) groups excluding carboxylic acids is 1. The Morgan fingerprint density at radius 3 is 2.75 bits per heavy atom. The van der Waals surface area contributed by atoms with Crippen LogP contribution in [0.3, 0.4) is 0 Å². The van der Waals surface area contributed by atoms with Crippen molar-refractivity contribution in [3.8, 4) is 11.5 Å². The molecule has 0 radical (unpaired) electrons. The smallest absolute Gasteiger partial charge is 0.238 e. The number of nitrogens with one attached hydrogen (secondary N) is 1. The Hall–Kier alpha value is -2.24. The fourth-order valence-corrected chi connectivity index (χ4v) is 2.29. The van der Waals surface area contributed by atoms with Gasteiger partial charge in [0.1, 0.15) is 18.1 Å². The maximum absolute atomic E-state index is 12.1. The van der Waals surface area contributed by atoms with E-state index >= 15 is 0 Å².